The molecule has 186 valence electrons. The third-order valence-corrected chi connectivity index (χ3v) is 7.82. The molecule has 5 nitrogen and oxygen atoms in total. The van der Waals surface area contributed by atoms with Crippen molar-refractivity contribution in [1.82, 2.24) is 9.80 Å². The van der Waals surface area contributed by atoms with Gasteiger partial charge in [0.15, 0.2) is 11.5 Å². The van der Waals surface area contributed by atoms with Gasteiger partial charge in [-0.15, -0.1) is 0 Å². The van der Waals surface area contributed by atoms with Crippen molar-refractivity contribution in [3.8, 4) is 11.5 Å². The zero-order valence-electron chi connectivity index (χ0n) is 21.8. The van der Waals surface area contributed by atoms with Crippen LogP contribution >= 0.6 is 0 Å². The van der Waals surface area contributed by atoms with E-state index in [0.717, 1.165) is 37.9 Å². The maximum absolute atomic E-state index is 13.0. The number of ether oxygens (including phenoxy) is 2. The van der Waals surface area contributed by atoms with Gasteiger partial charge in [0.2, 0.25) is 5.91 Å². The van der Waals surface area contributed by atoms with E-state index in [2.05, 4.69) is 56.1 Å². The van der Waals surface area contributed by atoms with Gasteiger partial charge < -0.3 is 19.3 Å². The van der Waals surface area contributed by atoms with Gasteiger partial charge in [0.05, 0.1) is 14.2 Å². The molecule has 1 saturated heterocycles. The largest absolute Gasteiger partial charge is 0.493 e. The number of carbonyl (C=O) groups is 1. The Morgan fingerprint density at radius 3 is 2.41 bits per heavy atom. The molecule has 1 aliphatic heterocycles. The third-order valence-electron chi connectivity index (χ3n) is 7.82. The second-order valence-electron chi connectivity index (χ2n) is 10.0. The maximum Gasteiger partial charge on any atom is 0.222 e. The molecule has 1 heterocycles. The average molecular weight is 467 g/mol. The third kappa shape index (κ3) is 6.12. The molecule has 0 spiro atoms. The fourth-order valence-corrected chi connectivity index (χ4v) is 5.51. The van der Waals surface area contributed by atoms with Crippen LogP contribution in [-0.2, 0) is 17.8 Å². The lowest BCUT2D eigenvalue weighted by atomic mass is 9.63. The molecule has 0 aliphatic carbocycles. The summed E-state index contributed by atoms with van der Waals surface area (Å²) < 4.78 is 10.9. The normalized spacial score (nSPS) is 22.9. The minimum Gasteiger partial charge on any atom is -0.493 e. The van der Waals surface area contributed by atoms with Crippen LogP contribution in [0.15, 0.2) is 48.5 Å². The molecular formula is C29H42N2O3. The standard InChI is InChI=1S/C29H42N2O3/c1-7-28(32)31(21-25-13-14-26(33-5)27(17-25)34-6)16-15-29(19-24-11-9-8-10-12-24)18-23(3)30(4)20-22(29)2/h8-14,17,22-23H,7,15-16,18-21H2,1-6H3/t22-,23+,29+/m0/s1. The number of nitrogens with zero attached hydrogens (tertiary/aromatic N) is 2. The second-order valence-corrected chi connectivity index (χ2v) is 10.0. The van der Waals surface area contributed by atoms with Crippen molar-refractivity contribution in [2.45, 2.75) is 59.0 Å². The first-order valence-corrected chi connectivity index (χ1v) is 12.5. The Morgan fingerprint density at radius 1 is 1.06 bits per heavy atom. The summed E-state index contributed by atoms with van der Waals surface area (Å²) in [7, 11) is 5.52. The summed E-state index contributed by atoms with van der Waals surface area (Å²) in [5, 5.41) is 0. The van der Waals surface area contributed by atoms with Gasteiger partial charge >= 0.3 is 0 Å². The Morgan fingerprint density at radius 2 is 1.76 bits per heavy atom. The molecular weight excluding hydrogens is 424 g/mol. The maximum atomic E-state index is 13.0. The van der Waals surface area contributed by atoms with Gasteiger partial charge in [-0.3, -0.25) is 4.79 Å². The topological polar surface area (TPSA) is 42.0 Å². The molecule has 34 heavy (non-hydrogen) atoms. The number of piperidine rings is 1. The van der Waals surface area contributed by atoms with Crippen LogP contribution in [0.2, 0.25) is 0 Å². The second kappa shape index (κ2) is 11.7. The van der Waals surface area contributed by atoms with E-state index in [9.17, 15) is 4.79 Å². The number of methoxy groups -OCH3 is 2. The van der Waals surface area contributed by atoms with Crippen LogP contribution in [0.5, 0.6) is 11.5 Å². The summed E-state index contributed by atoms with van der Waals surface area (Å²) in [5.74, 6) is 2.14. The van der Waals surface area contributed by atoms with E-state index < -0.39 is 0 Å². The lowest BCUT2D eigenvalue weighted by Crippen LogP contribution is -2.51. The van der Waals surface area contributed by atoms with E-state index in [1.54, 1.807) is 14.2 Å². The van der Waals surface area contributed by atoms with Crippen molar-refractivity contribution >= 4 is 5.91 Å². The monoisotopic (exact) mass is 466 g/mol. The van der Waals surface area contributed by atoms with Crippen LogP contribution in [0.1, 0.15) is 51.2 Å². The number of carbonyl (C=O) groups excluding carboxylic acids is 1. The molecule has 0 unspecified atom stereocenters. The number of amides is 1. The van der Waals surface area contributed by atoms with Crippen molar-refractivity contribution in [3.05, 3.63) is 59.7 Å². The molecule has 3 atom stereocenters. The molecule has 0 aromatic heterocycles. The predicted molar refractivity (Wildman–Crippen MR) is 138 cm³/mol. The van der Waals surface area contributed by atoms with Gasteiger partial charge in [0, 0.05) is 32.1 Å². The lowest BCUT2D eigenvalue weighted by Gasteiger charge is -2.50. The summed E-state index contributed by atoms with van der Waals surface area (Å²) >= 11 is 0. The minimum absolute atomic E-state index is 0.164. The van der Waals surface area contributed by atoms with E-state index in [-0.39, 0.29) is 11.3 Å². The van der Waals surface area contributed by atoms with Gasteiger partial charge in [0.1, 0.15) is 0 Å². The van der Waals surface area contributed by atoms with E-state index >= 15 is 0 Å². The summed E-state index contributed by atoms with van der Waals surface area (Å²) in [5.41, 5.74) is 2.61. The molecule has 5 heteroatoms. The van der Waals surface area contributed by atoms with E-state index in [0.29, 0.717) is 36.4 Å². The van der Waals surface area contributed by atoms with Crippen molar-refractivity contribution in [2.75, 3.05) is 34.4 Å². The molecule has 2 aromatic carbocycles. The first kappa shape index (κ1) is 26.1. The van der Waals surface area contributed by atoms with Gasteiger partial charge in [-0.2, -0.15) is 0 Å². The first-order valence-electron chi connectivity index (χ1n) is 12.5. The first-order chi connectivity index (χ1) is 16.3. The SMILES string of the molecule is CCC(=O)N(CC[C@]1(Cc2ccccc2)C[C@@H](C)N(C)C[C@@H]1C)Cc1ccc(OC)c(OC)c1. The molecule has 0 radical (unpaired) electrons. The molecule has 2 aromatic rings. The number of likely N-dealkylation sites (tertiary alicyclic amines) is 1. The quantitative estimate of drug-likeness (QED) is 0.469. The Hall–Kier alpha value is -2.53. The summed E-state index contributed by atoms with van der Waals surface area (Å²) in [6.45, 7) is 9.11. The minimum atomic E-state index is 0.164. The van der Waals surface area contributed by atoms with Gasteiger partial charge in [-0.1, -0.05) is 50.2 Å². The Balaban J connectivity index is 1.83. The molecule has 3 rings (SSSR count). The van der Waals surface area contributed by atoms with Crippen molar-refractivity contribution < 1.29 is 14.3 Å². The highest BCUT2D eigenvalue weighted by Gasteiger charge is 2.42. The highest BCUT2D eigenvalue weighted by Crippen LogP contribution is 2.44. The Labute approximate surface area is 206 Å². The van der Waals surface area contributed by atoms with Crippen LogP contribution < -0.4 is 9.47 Å². The molecule has 1 aliphatic rings. The Bertz CT molecular complexity index is 932. The number of benzene rings is 2. The van der Waals surface area contributed by atoms with Crippen LogP contribution in [0, 0.1) is 11.3 Å². The highest BCUT2D eigenvalue weighted by molar-refractivity contribution is 5.75. The van der Waals surface area contributed by atoms with Crippen molar-refractivity contribution in [2.24, 2.45) is 11.3 Å². The van der Waals surface area contributed by atoms with E-state index in [1.165, 1.54) is 5.56 Å². The smallest absolute Gasteiger partial charge is 0.222 e. The summed E-state index contributed by atoms with van der Waals surface area (Å²) in [6.07, 6.45) is 3.70. The zero-order chi connectivity index (χ0) is 24.7. The van der Waals surface area contributed by atoms with E-state index in [4.69, 9.17) is 9.47 Å². The van der Waals surface area contributed by atoms with Crippen LogP contribution in [0.4, 0.5) is 0 Å². The summed E-state index contributed by atoms with van der Waals surface area (Å²) in [6, 6.07) is 17.3. The molecule has 0 N–H and O–H groups in total. The lowest BCUT2D eigenvalue weighted by molar-refractivity contribution is -0.132. The van der Waals surface area contributed by atoms with Crippen molar-refractivity contribution in [3.63, 3.8) is 0 Å². The zero-order valence-corrected chi connectivity index (χ0v) is 21.8. The van der Waals surface area contributed by atoms with Gasteiger partial charge in [-0.05, 0) is 67.8 Å². The van der Waals surface area contributed by atoms with E-state index in [1.807, 2.05) is 30.0 Å². The molecule has 1 fully saturated rings. The van der Waals surface area contributed by atoms with Crippen LogP contribution in [0.3, 0.4) is 0 Å². The van der Waals surface area contributed by atoms with Gasteiger partial charge in [0.25, 0.3) is 0 Å². The predicted octanol–water partition coefficient (Wildman–Crippen LogP) is 5.42. The van der Waals surface area contributed by atoms with Gasteiger partial charge in [-0.25, -0.2) is 0 Å². The van der Waals surface area contributed by atoms with Crippen molar-refractivity contribution in [1.29, 1.82) is 0 Å². The number of rotatable bonds is 10. The molecule has 1 amide bonds. The fourth-order valence-electron chi connectivity index (χ4n) is 5.51. The summed E-state index contributed by atoms with van der Waals surface area (Å²) in [4.78, 5) is 17.5. The highest BCUT2D eigenvalue weighted by atomic mass is 16.5. The average Bonchev–Trinajstić information content (AvgIpc) is 2.85. The number of hydrogen-bond acceptors (Lipinski definition) is 4. The van der Waals surface area contributed by atoms with Crippen LogP contribution in [-0.4, -0.2) is 56.1 Å². The fraction of sp³-hybridized carbons (Fsp3) is 0.552. The number of hydrogen-bond donors (Lipinski definition) is 0. The molecule has 0 bridgehead atoms. The Kier molecular flexibility index (Phi) is 9.01. The molecule has 0 saturated carbocycles. The van der Waals surface area contributed by atoms with Crippen LogP contribution in [0.25, 0.3) is 0 Å².